The molecule has 0 aliphatic rings. The van der Waals surface area contributed by atoms with Gasteiger partial charge in [-0.25, -0.2) is 0 Å². The second kappa shape index (κ2) is 10.6. The summed E-state index contributed by atoms with van der Waals surface area (Å²) < 4.78 is 4.81. The highest BCUT2D eigenvalue weighted by molar-refractivity contribution is 6.12. The average Bonchev–Trinajstić information content (AvgIpc) is 3.67. The summed E-state index contributed by atoms with van der Waals surface area (Å²) in [5, 5.41) is 7.56. The van der Waals surface area contributed by atoms with Crippen molar-refractivity contribution in [2.24, 2.45) is 0 Å². The number of benzene rings is 8. The van der Waals surface area contributed by atoms with E-state index in [1.165, 1.54) is 82.3 Å². The smallest absolute Gasteiger partial charge is 0.0547 e. The van der Waals surface area contributed by atoms with E-state index in [4.69, 9.17) is 0 Å². The molecule has 224 valence electrons. The molecule has 10 rings (SSSR count). The molecule has 0 N–H and O–H groups in total. The molecule has 0 spiro atoms. The predicted molar refractivity (Wildman–Crippen MR) is 203 cm³/mol. The van der Waals surface area contributed by atoms with E-state index in [2.05, 4.69) is 191 Å². The lowest BCUT2D eigenvalue weighted by molar-refractivity contribution is 1.18. The van der Waals surface area contributed by atoms with Crippen molar-refractivity contribution in [2.45, 2.75) is 0 Å². The van der Waals surface area contributed by atoms with Crippen molar-refractivity contribution in [3.63, 3.8) is 0 Å². The molecule has 8 aromatic carbocycles. The molecule has 2 heteroatoms. The molecule has 2 aromatic heterocycles. The van der Waals surface area contributed by atoms with Crippen molar-refractivity contribution in [3.05, 3.63) is 182 Å². The van der Waals surface area contributed by atoms with Crippen molar-refractivity contribution in [1.82, 2.24) is 9.13 Å². The number of para-hydroxylation sites is 3. The van der Waals surface area contributed by atoms with E-state index >= 15 is 0 Å². The first kappa shape index (κ1) is 26.8. The molecule has 0 aliphatic carbocycles. The summed E-state index contributed by atoms with van der Waals surface area (Å²) in [6.07, 6.45) is 0. The molecule has 0 bridgehead atoms. The fraction of sp³-hybridized carbons (Fsp3) is 0. The maximum absolute atomic E-state index is 2.43. The monoisotopic (exact) mass is 610 g/mol. The Labute approximate surface area is 278 Å². The van der Waals surface area contributed by atoms with Crippen molar-refractivity contribution in [3.8, 4) is 33.6 Å². The highest BCUT2D eigenvalue weighted by atomic mass is 15.0. The normalized spacial score (nSPS) is 11.8. The summed E-state index contributed by atoms with van der Waals surface area (Å²) in [7, 11) is 0. The third kappa shape index (κ3) is 4.06. The van der Waals surface area contributed by atoms with E-state index < -0.39 is 0 Å². The summed E-state index contributed by atoms with van der Waals surface area (Å²) >= 11 is 0. The number of hydrogen-bond acceptors (Lipinski definition) is 0. The van der Waals surface area contributed by atoms with Crippen LogP contribution < -0.4 is 0 Å². The van der Waals surface area contributed by atoms with Crippen LogP contribution in [0.25, 0.3) is 88.0 Å². The number of nitrogens with zero attached hydrogens (tertiary/aromatic N) is 2. The molecule has 0 aliphatic heterocycles. The lowest BCUT2D eigenvalue weighted by atomic mass is 9.98. The van der Waals surface area contributed by atoms with Crippen LogP contribution in [0.2, 0.25) is 0 Å². The fourth-order valence-corrected chi connectivity index (χ4v) is 7.73. The van der Waals surface area contributed by atoms with Crippen molar-refractivity contribution < 1.29 is 0 Å². The standard InChI is InChI=1S/C46H30N2/c1-2-15-35(16-3-1)47-44-23-9-7-20-40(44)42-29-32(25-27-45(42)47)33-24-26-41-39-19-6-8-22-43(39)48(46(41)30-33)36-17-10-14-34(28-36)38-21-11-13-31-12-4-5-18-37(31)38/h1-30H. The van der Waals surface area contributed by atoms with Gasteiger partial charge in [-0.15, -0.1) is 0 Å². The maximum Gasteiger partial charge on any atom is 0.0547 e. The quantitative estimate of drug-likeness (QED) is 0.188. The zero-order chi connectivity index (χ0) is 31.6. The van der Waals surface area contributed by atoms with Gasteiger partial charge in [-0.3, -0.25) is 0 Å². The molecule has 2 heterocycles. The molecule has 0 fully saturated rings. The summed E-state index contributed by atoms with van der Waals surface area (Å²) in [6, 6.07) is 66.2. The highest BCUT2D eigenvalue weighted by Crippen LogP contribution is 2.39. The number of aromatic nitrogens is 2. The van der Waals surface area contributed by atoms with Crippen LogP contribution in [0.5, 0.6) is 0 Å². The zero-order valence-corrected chi connectivity index (χ0v) is 26.2. The molecule has 0 radical (unpaired) electrons. The average molecular weight is 611 g/mol. The lowest BCUT2D eigenvalue weighted by Gasteiger charge is -2.12. The summed E-state index contributed by atoms with van der Waals surface area (Å²) in [6.45, 7) is 0. The van der Waals surface area contributed by atoms with E-state index in [-0.39, 0.29) is 0 Å². The fourth-order valence-electron chi connectivity index (χ4n) is 7.73. The van der Waals surface area contributed by atoms with Gasteiger partial charge in [0.15, 0.2) is 0 Å². The van der Waals surface area contributed by atoms with E-state index in [9.17, 15) is 0 Å². The van der Waals surface area contributed by atoms with Crippen molar-refractivity contribution >= 4 is 54.4 Å². The van der Waals surface area contributed by atoms with Gasteiger partial charge in [-0.1, -0.05) is 127 Å². The first-order valence-corrected chi connectivity index (χ1v) is 16.5. The lowest BCUT2D eigenvalue weighted by Crippen LogP contribution is -1.95. The first-order valence-electron chi connectivity index (χ1n) is 16.5. The highest BCUT2D eigenvalue weighted by Gasteiger charge is 2.16. The Kier molecular flexibility index (Phi) is 5.91. The van der Waals surface area contributed by atoms with Gasteiger partial charge in [0.05, 0.1) is 22.1 Å². The Bertz CT molecular complexity index is 2830. The predicted octanol–water partition coefficient (Wildman–Crippen LogP) is 12.4. The van der Waals surface area contributed by atoms with E-state index in [1.807, 2.05) is 0 Å². The summed E-state index contributed by atoms with van der Waals surface area (Å²) in [4.78, 5) is 0. The number of hydrogen-bond donors (Lipinski definition) is 0. The van der Waals surface area contributed by atoms with Crippen LogP contribution in [0.15, 0.2) is 182 Å². The Morgan fingerprint density at radius 1 is 0.271 bits per heavy atom. The maximum atomic E-state index is 2.43. The second-order valence-electron chi connectivity index (χ2n) is 12.6. The van der Waals surface area contributed by atoms with Gasteiger partial charge in [-0.2, -0.15) is 0 Å². The van der Waals surface area contributed by atoms with Crippen LogP contribution in [-0.4, -0.2) is 9.13 Å². The molecule has 0 amide bonds. The van der Waals surface area contributed by atoms with Gasteiger partial charge in [0, 0.05) is 32.9 Å². The van der Waals surface area contributed by atoms with Crippen LogP contribution in [0, 0.1) is 0 Å². The summed E-state index contributed by atoms with van der Waals surface area (Å²) in [5.41, 5.74) is 12.1. The van der Waals surface area contributed by atoms with Crippen LogP contribution in [0.1, 0.15) is 0 Å². The molecular weight excluding hydrogens is 581 g/mol. The van der Waals surface area contributed by atoms with Gasteiger partial charge < -0.3 is 9.13 Å². The molecule has 48 heavy (non-hydrogen) atoms. The molecule has 0 unspecified atom stereocenters. The minimum absolute atomic E-state index is 1.16. The van der Waals surface area contributed by atoms with Crippen LogP contribution in [0.4, 0.5) is 0 Å². The van der Waals surface area contributed by atoms with Crippen LogP contribution >= 0.6 is 0 Å². The topological polar surface area (TPSA) is 9.86 Å². The third-order valence-electron chi connectivity index (χ3n) is 9.90. The molecule has 2 nitrogen and oxygen atoms in total. The number of fused-ring (bicyclic) bond motifs is 7. The van der Waals surface area contributed by atoms with Gasteiger partial charge >= 0.3 is 0 Å². The molecular formula is C46H30N2. The Morgan fingerprint density at radius 2 is 0.833 bits per heavy atom. The Hall–Kier alpha value is -6.38. The minimum Gasteiger partial charge on any atom is -0.309 e. The van der Waals surface area contributed by atoms with Gasteiger partial charge in [0.1, 0.15) is 0 Å². The Balaban J connectivity index is 1.17. The van der Waals surface area contributed by atoms with Crippen molar-refractivity contribution in [1.29, 1.82) is 0 Å². The largest absolute Gasteiger partial charge is 0.309 e. The van der Waals surface area contributed by atoms with Gasteiger partial charge in [0.2, 0.25) is 0 Å². The van der Waals surface area contributed by atoms with E-state index in [0.29, 0.717) is 0 Å². The van der Waals surface area contributed by atoms with Crippen molar-refractivity contribution in [2.75, 3.05) is 0 Å². The van der Waals surface area contributed by atoms with Crippen LogP contribution in [-0.2, 0) is 0 Å². The van der Waals surface area contributed by atoms with Gasteiger partial charge in [0.25, 0.3) is 0 Å². The molecule has 0 atom stereocenters. The van der Waals surface area contributed by atoms with Crippen LogP contribution in [0.3, 0.4) is 0 Å². The van der Waals surface area contributed by atoms with Gasteiger partial charge in [-0.05, 0) is 87.6 Å². The van der Waals surface area contributed by atoms with E-state index in [0.717, 1.165) is 5.69 Å². The summed E-state index contributed by atoms with van der Waals surface area (Å²) in [5.74, 6) is 0. The second-order valence-corrected chi connectivity index (χ2v) is 12.6. The number of rotatable bonds is 4. The third-order valence-corrected chi connectivity index (χ3v) is 9.90. The molecule has 0 saturated heterocycles. The SMILES string of the molecule is c1ccc(-n2c3ccccc3c3cc(-c4ccc5c6ccccc6n(-c6cccc(-c7cccc8ccccc78)c6)c5c4)ccc32)cc1. The van der Waals surface area contributed by atoms with E-state index in [1.54, 1.807) is 0 Å². The zero-order valence-electron chi connectivity index (χ0n) is 26.2. The molecule has 0 saturated carbocycles. The first-order chi connectivity index (χ1) is 23.8. The molecule has 10 aromatic rings. The Morgan fingerprint density at radius 3 is 1.67 bits per heavy atom. The minimum atomic E-state index is 1.16.